The van der Waals surface area contributed by atoms with Crippen LogP contribution in [0.5, 0.6) is 0 Å². The summed E-state index contributed by atoms with van der Waals surface area (Å²) in [4.78, 5) is 4.65. The van der Waals surface area contributed by atoms with Crippen LogP contribution in [0.2, 0.25) is 0 Å². The number of piperidine rings is 1. The number of hydrogen-bond acceptors (Lipinski definition) is 4. The molecule has 2 N–H and O–H groups in total. The monoisotopic (exact) mass is 384 g/mol. The van der Waals surface area contributed by atoms with E-state index >= 15 is 0 Å². The highest BCUT2D eigenvalue weighted by atomic mass is 32.2. The van der Waals surface area contributed by atoms with E-state index in [1.165, 1.54) is 0 Å². The lowest BCUT2D eigenvalue weighted by molar-refractivity contribution is 0.306. The Labute approximate surface area is 157 Å². The highest BCUT2D eigenvalue weighted by Gasteiger charge is 2.27. The maximum atomic E-state index is 12.0. The van der Waals surface area contributed by atoms with E-state index in [-0.39, 0.29) is 11.8 Å². The van der Waals surface area contributed by atoms with Gasteiger partial charge in [0.05, 0.1) is 12.0 Å². The number of rotatable bonds is 8. The molecule has 7 nitrogen and oxygen atoms in total. The number of nitrogens with zero attached hydrogens (tertiary/aromatic N) is 2. The third-order valence-corrected chi connectivity index (χ3v) is 6.29. The summed E-state index contributed by atoms with van der Waals surface area (Å²) >= 11 is 0. The Morgan fingerprint density at radius 1 is 1.38 bits per heavy atom. The summed E-state index contributed by atoms with van der Waals surface area (Å²) in [6.45, 7) is 8.59. The van der Waals surface area contributed by atoms with Gasteiger partial charge in [-0.1, -0.05) is 13.8 Å². The molecule has 1 saturated heterocycles. The maximum Gasteiger partial charge on any atom is 0.213 e. The first kappa shape index (κ1) is 20.8. The summed E-state index contributed by atoms with van der Waals surface area (Å²) in [5, 5.41) is 6.83. The second-order valence-corrected chi connectivity index (χ2v) is 9.32. The van der Waals surface area contributed by atoms with Crippen molar-refractivity contribution in [1.82, 2.24) is 14.9 Å². The fourth-order valence-corrected chi connectivity index (χ4v) is 3.97. The summed E-state index contributed by atoms with van der Waals surface area (Å²) in [7, 11) is -3.08. The summed E-state index contributed by atoms with van der Waals surface area (Å²) < 4.78 is 30.9. The summed E-state index contributed by atoms with van der Waals surface area (Å²) in [5.74, 6) is 2.39. The van der Waals surface area contributed by atoms with Crippen LogP contribution in [0.25, 0.3) is 0 Å². The van der Waals surface area contributed by atoms with Gasteiger partial charge in [0.25, 0.3) is 0 Å². The Bertz CT molecular complexity index is 648. The van der Waals surface area contributed by atoms with E-state index in [0.29, 0.717) is 19.0 Å². The van der Waals surface area contributed by atoms with Gasteiger partial charge in [-0.15, -0.1) is 0 Å². The van der Waals surface area contributed by atoms with Crippen molar-refractivity contribution in [3.05, 3.63) is 24.2 Å². The molecule has 0 atom stereocenters. The molecule has 0 saturated carbocycles. The molecule has 0 bridgehead atoms. The van der Waals surface area contributed by atoms with E-state index in [9.17, 15) is 8.42 Å². The summed E-state index contributed by atoms with van der Waals surface area (Å²) in [6, 6.07) is 4.09. The normalized spacial score (nSPS) is 17.6. The first-order valence-electron chi connectivity index (χ1n) is 9.45. The van der Waals surface area contributed by atoms with Gasteiger partial charge in [0.15, 0.2) is 5.96 Å². The molecule has 1 aliphatic heterocycles. The van der Waals surface area contributed by atoms with Crippen LogP contribution < -0.4 is 10.6 Å². The van der Waals surface area contributed by atoms with E-state index in [4.69, 9.17) is 4.42 Å². The lowest BCUT2D eigenvalue weighted by Gasteiger charge is -2.32. The van der Waals surface area contributed by atoms with Gasteiger partial charge in [-0.25, -0.2) is 12.7 Å². The highest BCUT2D eigenvalue weighted by molar-refractivity contribution is 7.89. The van der Waals surface area contributed by atoms with E-state index in [1.54, 1.807) is 17.5 Å². The highest BCUT2D eigenvalue weighted by Crippen LogP contribution is 2.14. The quantitative estimate of drug-likeness (QED) is 0.527. The van der Waals surface area contributed by atoms with Gasteiger partial charge < -0.3 is 15.1 Å². The van der Waals surface area contributed by atoms with Gasteiger partial charge in [0.2, 0.25) is 10.0 Å². The first-order chi connectivity index (χ1) is 12.4. The molecular weight excluding hydrogens is 352 g/mol. The largest absolute Gasteiger partial charge is 0.469 e. The first-order valence-corrected chi connectivity index (χ1v) is 11.1. The third kappa shape index (κ3) is 6.64. The fraction of sp³-hybridized carbons (Fsp3) is 0.722. The van der Waals surface area contributed by atoms with Gasteiger partial charge in [0, 0.05) is 38.6 Å². The van der Waals surface area contributed by atoms with Crippen LogP contribution in [-0.2, 0) is 16.4 Å². The summed E-state index contributed by atoms with van der Waals surface area (Å²) in [5.41, 5.74) is 0. The van der Waals surface area contributed by atoms with Crippen LogP contribution in [0, 0.1) is 5.92 Å². The molecule has 148 valence electrons. The van der Waals surface area contributed by atoms with Crippen LogP contribution in [0.4, 0.5) is 0 Å². The van der Waals surface area contributed by atoms with E-state index in [0.717, 1.165) is 44.1 Å². The minimum absolute atomic E-state index is 0.167. The molecule has 0 amide bonds. The molecule has 1 aliphatic rings. The molecule has 1 fully saturated rings. The van der Waals surface area contributed by atoms with Crippen molar-refractivity contribution in [3.63, 3.8) is 0 Å². The SMILES string of the molecule is CCS(=O)(=O)N1CCC(NC(=NCC(C)C)NCCc2ccco2)CC1. The van der Waals surface area contributed by atoms with E-state index in [2.05, 4.69) is 29.5 Å². The molecule has 0 radical (unpaired) electrons. The Hall–Kier alpha value is -1.54. The second kappa shape index (κ2) is 9.97. The Morgan fingerprint density at radius 3 is 2.69 bits per heavy atom. The molecular formula is C18H32N4O3S. The van der Waals surface area contributed by atoms with Crippen LogP contribution in [0.15, 0.2) is 27.8 Å². The molecule has 26 heavy (non-hydrogen) atoms. The standard InChI is InChI=1S/C18H32N4O3S/c1-4-26(23,24)22-11-8-16(9-12-22)21-18(20-14-15(2)3)19-10-7-17-6-5-13-25-17/h5-6,13,15-16H,4,7-12,14H2,1-3H3,(H2,19,20,21). The van der Waals surface area contributed by atoms with Crippen molar-refractivity contribution >= 4 is 16.0 Å². The van der Waals surface area contributed by atoms with Crippen molar-refractivity contribution in [3.8, 4) is 0 Å². The van der Waals surface area contributed by atoms with Gasteiger partial charge in [-0.05, 0) is 37.8 Å². The third-order valence-electron chi connectivity index (χ3n) is 4.41. The Kier molecular flexibility index (Phi) is 7.96. The number of hydrogen-bond donors (Lipinski definition) is 2. The number of nitrogens with one attached hydrogen (secondary N) is 2. The smallest absolute Gasteiger partial charge is 0.213 e. The molecule has 0 spiro atoms. The predicted octanol–water partition coefficient (Wildman–Crippen LogP) is 1.83. The minimum atomic E-state index is -3.08. The zero-order valence-electron chi connectivity index (χ0n) is 16.1. The summed E-state index contributed by atoms with van der Waals surface area (Å²) in [6.07, 6.45) is 4.06. The molecule has 1 aromatic heterocycles. The average Bonchev–Trinajstić information content (AvgIpc) is 3.13. The van der Waals surface area contributed by atoms with Crippen molar-refractivity contribution in [2.45, 2.75) is 46.1 Å². The zero-order chi connectivity index (χ0) is 19.0. The molecule has 0 unspecified atom stereocenters. The number of guanidine groups is 1. The van der Waals surface area contributed by atoms with Crippen LogP contribution in [0.3, 0.4) is 0 Å². The van der Waals surface area contributed by atoms with Crippen molar-refractivity contribution in [1.29, 1.82) is 0 Å². The molecule has 0 aromatic carbocycles. The van der Waals surface area contributed by atoms with Gasteiger partial charge >= 0.3 is 0 Å². The van der Waals surface area contributed by atoms with Crippen LogP contribution >= 0.6 is 0 Å². The molecule has 2 heterocycles. The number of sulfonamides is 1. The Balaban J connectivity index is 1.85. The van der Waals surface area contributed by atoms with Gasteiger partial charge in [-0.3, -0.25) is 4.99 Å². The van der Waals surface area contributed by atoms with Crippen LogP contribution in [0.1, 0.15) is 39.4 Å². The van der Waals surface area contributed by atoms with Crippen molar-refractivity contribution in [2.75, 3.05) is 31.9 Å². The van der Waals surface area contributed by atoms with Gasteiger partial charge in [0.1, 0.15) is 5.76 Å². The predicted molar refractivity (Wildman–Crippen MR) is 105 cm³/mol. The molecule has 0 aliphatic carbocycles. The Morgan fingerprint density at radius 2 is 2.12 bits per heavy atom. The molecule has 2 rings (SSSR count). The van der Waals surface area contributed by atoms with E-state index in [1.807, 2.05) is 12.1 Å². The second-order valence-electron chi connectivity index (χ2n) is 7.06. The van der Waals surface area contributed by atoms with E-state index < -0.39 is 10.0 Å². The number of aliphatic imine (C=N–C) groups is 1. The number of furan rings is 1. The lowest BCUT2D eigenvalue weighted by Crippen LogP contribution is -2.50. The van der Waals surface area contributed by atoms with Crippen molar-refractivity contribution in [2.24, 2.45) is 10.9 Å². The molecule has 8 heteroatoms. The zero-order valence-corrected chi connectivity index (χ0v) is 16.9. The maximum absolute atomic E-state index is 12.0. The average molecular weight is 385 g/mol. The lowest BCUT2D eigenvalue weighted by atomic mass is 10.1. The van der Waals surface area contributed by atoms with Gasteiger partial charge in [-0.2, -0.15) is 0 Å². The van der Waals surface area contributed by atoms with Crippen LogP contribution in [-0.4, -0.2) is 56.7 Å². The topological polar surface area (TPSA) is 86.9 Å². The minimum Gasteiger partial charge on any atom is -0.469 e. The van der Waals surface area contributed by atoms with Crippen molar-refractivity contribution < 1.29 is 12.8 Å². The fourth-order valence-electron chi connectivity index (χ4n) is 2.84. The molecule has 1 aromatic rings.